The summed E-state index contributed by atoms with van der Waals surface area (Å²) in [5.41, 5.74) is 0. The molecule has 122 valence electrons. The summed E-state index contributed by atoms with van der Waals surface area (Å²) in [6.07, 6.45) is 6.63. The minimum absolute atomic E-state index is 0.316. The Kier molecular flexibility index (Phi) is 17.0. The van der Waals surface area contributed by atoms with Gasteiger partial charge in [0.1, 0.15) is 0 Å². The van der Waals surface area contributed by atoms with Gasteiger partial charge in [0.15, 0.2) is 0 Å². The van der Waals surface area contributed by atoms with E-state index in [1.54, 1.807) is 0 Å². The summed E-state index contributed by atoms with van der Waals surface area (Å²) in [7, 11) is 0. The van der Waals surface area contributed by atoms with Crippen molar-refractivity contribution in [3.63, 3.8) is 0 Å². The predicted octanol–water partition coefficient (Wildman–Crippen LogP) is 3.21. The quantitative estimate of drug-likeness (QED) is 0.322. The summed E-state index contributed by atoms with van der Waals surface area (Å²) in [4.78, 5) is 19.9. The van der Waals surface area contributed by atoms with Crippen molar-refractivity contribution in [3.8, 4) is 0 Å². The van der Waals surface area contributed by atoms with Crippen LogP contribution in [0.4, 0.5) is 0 Å². The first-order chi connectivity index (χ1) is 9.93. The lowest BCUT2D eigenvalue weighted by Gasteiger charge is -2.04. The highest BCUT2D eigenvalue weighted by Crippen LogP contribution is 2.07. The van der Waals surface area contributed by atoms with E-state index >= 15 is 0 Å². The van der Waals surface area contributed by atoms with E-state index in [1.165, 1.54) is 18.9 Å². The van der Waals surface area contributed by atoms with E-state index in [-0.39, 0.29) is 5.97 Å². The van der Waals surface area contributed by atoms with E-state index in [0.717, 1.165) is 38.0 Å². The molecule has 0 atom stereocenters. The fraction of sp³-hybridized carbons (Fsp3) is 0.625. The van der Waals surface area contributed by atoms with Gasteiger partial charge >= 0.3 is 11.9 Å². The number of hydrogen-bond donors (Lipinski definition) is 1. The van der Waals surface area contributed by atoms with Crippen molar-refractivity contribution in [1.29, 1.82) is 0 Å². The van der Waals surface area contributed by atoms with Crippen LogP contribution in [0.5, 0.6) is 0 Å². The van der Waals surface area contributed by atoms with Crippen molar-refractivity contribution < 1.29 is 24.2 Å². The van der Waals surface area contributed by atoms with Crippen LogP contribution in [0.25, 0.3) is 0 Å². The molecule has 0 aromatic rings. The minimum atomic E-state index is -0.981. The normalized spacial score (nSPS) is 11.2. The SMILES string of the molecule is C1CO1.C=CC(=O)O.C=CC(=O)OCCCCCC(C)C. The summed E-state index contributed by atoms with van der Waals surface area (Å²) >= 11 is 0. The second-order valence-electron chi connectivity index (χ2n) is 4.77. The highest BCUT2D eigenvalue weighted by atomic mass is 16.6. The van der Waals surface area contributed by atoms with Crippen LogP contribution < -0.4 is 0 Å². The number of hydrogen-bond acceptors (Lipinski definition) is 4. The fourth-order valence-electron chi connectivity index (χ4n) is 1.06. The molecular weight excluding hydrogens is 272 g/mol. The lowest BCUT2D eigenvalue weighted by Crippen LogP contribution is -2.01. The Morgan fingerprint density at radius 1 is 1.19 bits per heavy atom. The molecule has 5 nitrogen and oxygen atoms in total. The molecule has 1 N–H and O–H groups in total. The smallest absolute Gasteiger partial charge is 0.330 e. The van der Waals surface area contributed by atoms with Gasteiger partial charge in [0, 0.05) is 12.2 Å². The summed E-state index contributed by atoms with van der Waals surface area (Å²) < 4.78 is 9.34. The highest BCUT2D eigenvalue weighted by Gasteiger charge is 1.96. The lowest BCUT2D eigenvalue weighted by atomic mass is 10.1. The van der Waals surface area contributed by atoms with E-state index in [9.17, 15) is 9.59 Å². The molecule has 0 aromatic carbocycles. The first kappa shape index (κ1) is 21.7. The maximum absolute atomic E-state index is 10.6. The van der Waals surface area contributed by atoms with Crippen LogP contribution in [0.2, 0.25) is 0 Å². The maximum atomic E-state index is 10.6. The van der Waals surface area contributed by atoms with E-state index in [0.29, 0.717) is 6.61 Å². The molecule has 1 rings (SSSR count). The molecule has 0 bridgehead atoms. The van der Waals surface area contributed by atoms with E-state index < -0.39 is 5.97 Å². The molecule has 0 amide bonds. The molecule has 0 aliphatic carbocycles. The fourth-order valence-corrected chi connectivity index (χ4v) is 1.06. The molecule has 1 heterocycles. The first-order valence-corrected chi connectivity index (χ1v) is 7.16. The Labute approximate surface area is 127 Å². The molecule has 0 spiro atoms. The third-order valence-electron chi connectivity index (χ3n) is 2.22. The number of carboxylic acids is 1. The van der Waals surface area contributed by atoms with E-state index in [4.69, 9.17) is 9.84 Å². The van der Waals surface area contributed by atoms with Crippen molar-refractivity contribution in [2.75, 3.05) is 19.8 Å². The van der Waals surface area contributed by atoms with Crippen LogP contribution in [-0.4, -0.2) is 36.9 Å². The van der Waals surface area contributed by atoms with Crippen molar-refractivity contribution in [1.82, 2.24) is 0 Å². The molecule has 1 fully saturated rings. The zero-order valence-electron chi connectivity index (χ0n) is 13.2. The van der Waals surface area contributed by atoms with Crippen LogP contribution in [0, 0.1) is 5.92 Å². The van der Waals surface area contributed by atoms with Gasteiger partial charge in [-0.2, -0.15) is 0 Å². The molecule has 1 aliphatic heterocycles. The minimum Gasteiger partial charge on any atom is -0.478 e. The predicted molar refractivity (Wildman–Crippen MR) is 83.1 cm³/mol. The van der Waals surface area contributed by atoms with Gasteiger partial charge in [0.25, 0.3) is 0 Å². The van der Waals surface area contributed by atoms with Gasteiger partial charge in [0.05, 0.1) is 19.8 Å². The van der Waals surface area contributed by atoms with Crippen molar-refractivity contribution in [3.05, 3.63) is 25.3 Å². The molecule has 0 radical (unpaired) electrons. The summed E-state index contributed by atoms with van der Waals surface area (Å²) in [5, 5.41) is 7.60. The van der Waals surface area contributed by atoms with Gasteiger partial charge in [-0.25, -0.2) is 9.59 Å². The average molecular weight is 300 g/mol. The van der Waals surface area contributed by atoms with Crippen molar-refractivity contribution >= 4 is 11.9 Å². The maximum Gasteiger partial charge on any atom is 0.330 e. The van der Waals surface area contributed by atoms with Crippen molar-refractivity contribution in [2.24, 2.45) is 5.92 Å². The van der Waals surface area contributed by atoms with Gasteiger partial charge in [-0.1, -0.05) is 46.3 Å². The average Bonchev–Trinajstić information content (AvgIpc) is 3.31. The molecule has 1 aliphatic rings. The van der Waals surface area contributed by atoms with Gasteiger partial charge in [-0.15, -0.1) is 0 Å². The Balaban J connectivity index is 0. The standard InChI is InChI=1S/C11H20O2.C3H4O2.C2H4O/c1-4-11(12)13-9-7-5-6-8-10(2)3;1-2-3(4)5;1-2-3-1/h4,10H,1,5-9H2,2-3H3;2H,1H2,(H,4,5);1-2H2. The van der Waals surface area contributed by atoms with Crippen LogP contribution in [0.3, 0.4) is 0 Å². The van der Waals surface area contributed by atoms with Gasteiger partial charge in [-0.05, 0) is 12.3 Å². The summed E-state index contributed by atoms with van der Waals surface area (Å²) in [6.45, 7) is 13.3. The third kappa shape index (κ3) is 32.2. The second kappa shape index (κ2) is 16.4. The molecule has 1 saturated heterocycles. The number of rotatable bonds is 8. The number of carbonyl (C=O) groups excluding carboxylic acids is 1. The topological polar surface area (TPSA) is 76.1 Å². The Morgan fingerprint density at radius 2 is 1.71 bits per heavy atom. The monoisotopic (exact) mass is 300 g/mol. The zero-order valence-corrected chi connectivity index (χ0v) is 13.2. The number of carboxylic acid groups (broad SMARTS) is 1. The summed E-state index contributed by atoms with van der Waals surface area (Å²) in [6, 6.07) is 0. The Bertz CT molecular complexity index is 292. The van der Waals surface area contributed by atoms with Crippen molar-refractivity contribution in [2.45, 2.75) is 39.5 Å². The van der Waals surface area contributed by atoms with Gasteiger partial charge in [0.2, 0.25) is 0 Å². The summed E-state index contributed by atoms with van der Waals surface area (Å²) in [5.74, 6) is -0.524. The molecule has 0 aromatic heterocycles. The van der Waals surface area contributed by atoms with E-state index in [2.05, 4.69) is 31.7 Å². The number of ether oxygens (including phenoxy) is 2. The Morgan fingerprint density at radius 3 is 2.05 bits per heavy atom. The number of unbranched alkanes of at least 4 members (excludes halogenated alkanes) is 2. The molecular formula is C16H28O5. The number of esters is 1. The highest BCUT2D eigenvalue weighted by molar-refractivity contribution is 5.81. The van der Waals surface area contributed by atoms with Crippen LogP contribution in [0.1, 0.15) is 39.5 Å². The largest absolute Gasteiger partial charge is 0.478 e. The number of epoxide rings is 1. The zero-order chi connectivity index (χ0) is 16.5. The molecule has 0 saturated carbocycles. The molecule has 21 heavy (non-hydrogen) atoms. The third-order valence-corrected chi connectivity index (χ3v) is 2.22. The van der Waals surface area contributed by atoms with Gasteiger partial charge < -0.3 is 14.6 Å². The number of carbonyl (C=O) groups is 2. The second-order valence-corrected chi connectivity index (χ2v) is 4.77. The first-order valence-electron chi connectivity index (χ1n) is 7.16. The van der Waals surface area contributed by atoms with E-state index in [1.807, 2.05) is 0 Å². The van der Waals surface area contributed by atoms with Crippen LogP contribution >= 0.6 is 0 Å². The van der Waals surface area contributed by atoms with Gasteiger partial charge in [-0.3, -0.25) is 0 Å². The van der Waals surface area contributed by atoms with Crippen LogP contribution in [-0.2, 0) is 19.1 Å². The number of aliphatic carboxylic acids is 1. The van der Waals surface area contributed by atoms with Crippen LogP contribution in [0.15, 0.2) is 25.3 Å². The lowest BCUT2D eigenvalue weighted by molar-refractivity contribution is -0.138. The molecule has 0 unspecified atom stereocenters. The molecule has 5 heteroatoms. The Hall–Kier alpha value is -1.62.